The summed E-state index contributed by atoms with van der Waals surface area (Å²) in [4.78, 5) is 25.3. The number of nitrogens with zero attached hydrogens (tertiary/aromatic N) is 2. The van der Waals surface area contributed by atoms with E-state index in [1.807, 2.05) is 19.0 Å². The molecule has 134 valence electrons. The molecule has 0 saturated carbocycles. The number of hydrogen-bond donors (Lipinski definition) is 0. The maximum atomic E-state index is 10.6. The van der Waals surface area contributed by atoms with Gasteiger partial charge in [-0.1, -0.05) is 27.0 Å². The van der Waals surface area contributed by atoms with Crippen molar-refractivity contribution in [1.82, 2.24) is 9.80 Å². The van der Waals surface area contributed by atoms with E-state index < -0.39 is 0 Å². The molecule has 0 rings (SSSR count). The van der Waals surface area contributed by atoms with Gasteiger partial charge in [0.05, 0.1) is 6.61 Å². The van der Waals surface area contributed by atoms with Gasteiger partial charge in [0, 0.05) is 25.2 Å². The van der Waals surface area contributed by atoms with Crippen LogP contribution in [0.5, 0.6) is 0 Å². The lowest BCUT2D eigenvalue weighted by Crippen LogP contribution is -2.27. The van der Waals surface area contributed by atoms with E-state index in [1.165, 1.54) is 12.2 Å². The van der Waals surface area contributed by atoms with Gasteiger partial charge in [0.15, 0.2) is 0 Å². The van der Waals surface area contributed by atoms with E-state index in [4.69, 9.17) is 9.47 Å². The van der Waals surface area contributed by atoms with Gasteiger partial charge < -0.3 is 19.3 Å². The maximum Gasteiger partial charge on any atom is 0.330 e. The first kappa shape index (κ1) is 23.6. The number of ether oxygens (including phenoxy) is 2. The zero-order valence-corrected chi connectivity index (χ0v) is 15.0. The average Bonchev–Trinajstić information content (AvgIpc) is 2.55. The smallest absolute Gasteiger partial charge is 0.330 e. The van der Waals surface area contributed by atoms with Crippen molar-refractivity contribution in [3.8, 4) is 0 Å². The first-order valence-corrected chi connectivity index (χ1v) is 7.86. The molecule has 0 fully saturated rings. The Morgan fingerprint density at radius 2 is 1.39 bits per heavy atom. The summed E-state index contributed by atoms with van der Waals surface area (Å²) >= 11 is 0. The van der Waals surface area contributed by atoms with E-state index in [9.17, 15) is 9.59 Å². The second-order valence-electron chi connectivity index (χ2n) is 4.93. The number of carbonyl (C=O) groups is 2. The molecule has 0 unspecified atom stereocenters. The van der Waals surface area contributed by atoms with Crippen LogP contribution in [0, 0.1) is 0 Å². The molecule has 0 radical (unpaired) electrons. The molecule has 0 aromatic carbocycles. The number of hydrogen-bond acceptors (Lipinski definition) is 6. The van der Waals surface area contributed by atoms with E-state index in [-0.39, 0.29) is 11.9 Å². The summed E-state index contributed by atoms with van der Waals surface area (Å²) < 4.78 is 9.58. The van der Waals surface area contributed by atoms with Crippen LogP contribution in [0.2, 0.25) is 0 Å². The maximum absolute atomic E-state index is 10.6. The summed E-state index contributed by atoms with van der Waals surface area (Å²) in [6.07, 6.45) is 3.23. The Labute approximate surface area is 140 Å². The molecule has 6 heteroatoms. The lowest BCUT2D eigenvalue weighted by Gasteiger charge is -2.16. The Morgan fingerprint density at radius 1 is 0.913 bits per heavy atom. The minimum Gasteiger partial charge on any atom is -0.462 e. The molecule has 0 N–H and O–H groups in total. The quantitative estimate of drug-likeness (QED) is 0.327. The monoisotopic (exact) mass is 328 g/mol. The van der Waals surface area contributed by atoms with E-state index in [0.717, 1.165) is 32.6 Å². The second-order valence-corrected chi connectivity index (χ2v) is 4.93. The molecule has 0 atom stereocenters. The highest BCUT2D eigenvalue weighted by Gasteiger charge is 2.00. The third-order valence-electron chi connectivity index (χ3n) is 2.87. The standard InChI is InChI=1S/C9H17NO2.C8H15NO2/c1-4-9(11)12-8-7-10(5-2)6-3;1-4-8(10)11-7-5-6-9(2)3/h4H,1,5-8H2,2-3H3;4H,1,5-7H2,2-3H3. The van der Waals surface area contributed by atoms with Gasteiger partial charge in [0.2, 0.25) is 0 Å². The minimum absolute atomic E-state index is 0.344. The molecular formula is C17H32N2O4. The molecular weight excluding hydrogens is 296 g/mol. The van der Waals surface area contributed by atoms with Crippen molar-refractivity contribution in [2.45, 2.75) is 20.3 Å². The number of esters is 2. The predicted molar refractivity (Wildman–Crippen MR) is 93.3 cm³/mol. The number of likely N-dealkylation sites (N-methyl/N-ethyl adjacent to an activating group) is 1. The molecule has 0 saturated heterocycles. The van der Waals surface area contributed by atoms with Gasteiger partial charge in [-0.15, -0.1) is 0 Å². The molecule has 0 aliphatic rings. The molecule has 0 amide bonds. The van der Waals surface area contributed by atoms with Crippen LogP contribution in [0.15, 0.2) is 25.3 Å². The van der Waals surface area contributed by atoms with E-state index in [2.05, 4.69) is 31.9 Å². The van der Waals surface area contributed by atoms with E-state index in [0.29, 0.717) is 13.2 Å². The normalized spacial score (nSPS) is 9.83. The highest BCUT2D eigenvalue weighted by molar-refractivity contribution is 5.81. The van der Waals surface area contributed by atoms with Crippen molar-refractivity contribution in [2.75, 3.05) is 53.5 Å². The van der Waals surface area contributed by atoms with Crippen molar-refractivity contribution >= 4 is 11.9 Å². The first-order chi connectivity index (χ1) is 10.9. The fraction of sp³-hybridized carbons (Fsp3) is 0.647. The van der Waals surface area contributed by atoms with E-state index >= 15 is 0 Å². The molecule has 0 aliphatic heterocycles. The zero-order chi connectivity index (χ0) is 18.1. The topological polar surface area (TPSA) is 59.1 Å². The van der Waals surface area contributed by atoms with Crippen LogP contribution in [0.1, 0.15) is 20.3 Å². The molecule has 0 aliphatic carbocycles. The summed E-state index contributed by atoms with van der Waals surface area (Å²) in [5.74, 6) is -0.689. The third-order valence-corrected chi connectivity index (χ3v) is 2.87. The zero-order valence-electron chi connectivity index (χ0n) is 15.0. The van der Waals surface area contributed by atoms with Gasteiger partial charge in [-0.05, 0) is 33.6 Å². The largest absolute Gasteiger partial charge is 0.462 e. The molecule has 0 aromatic rings. The molecule has 6 nitrogen and oxygen atoms in total. The van der Waals surface area contributed by atoms with Crippen molar-refractivity contribution in [1.29, 1.82) is 0 Å². The van der Waals surface area contributed by atoms with Crippen LogP contribution in [0.3, 0.4) is 0 Å². The van der Waals surface area contributed by atoms with Gasteiger partial charge in [0.1, 0.15) is 6.61 Å². The van der Waals surface area contributed by atoms with Crippen molar-refractivity contribution in [2.24, 2.45) is 0 Å². The number of rotatable bonds is 11. The van der Waals surface area contributed by atoms with Crippen LogP contribution in [-0.2, 0) is 19.1 Å². The van der Waals surface area contributed by atoms with Crippen LogP contribution in [0.25, 0.3) is 0 Å². The molecule has 23 heavy (non-hydrogen) atoms. The summed E-state index contributed by atoms with van der Waals surface area (Å²) in [5.41, 5.74) is 0. The molecule has 0 aromatic heterocycles. The van der Waals surface area contributed by atoms with Crippen LogP contribution >= 0.6 is 0 Å². The SMILES string of the molecule is C=CC(=O)OCCCN(C)C.C=CC(=O)OCCN(CC)CC. The molecule has 0 heterocycles. The fourth-order valence-electron chi connectivity index (χ4n) is 1.49. The fourth-order valence-corrected chi connectivity index (χ4v) is 1.49. The summed E-state index contributed by atoms with van der Waals surface area (Å²) in [6, 6.07) is 0. The Kier molecular flexibility index (Phi) is 17.1. The Balaban J connectivity index is 0. The van der Waals surface area contributed by atoms with Gasteiger partial charge in [-0.2, -0.15) is 0 Å². The van der Waals surface area contributed by atoms with Crippen LogP contribution in [0.4, 0.5) is 0 Å². The van der Waals surface area contributed by atoms with Gasteiger partial charge in [-0.3, -0.25) is 0 Å². The number of carbonyl (C=O) groups excluding carboxylic acids is 2. The minimum atomic E-state index is -0.345. The second kappa shape index (κ2) is 16.7. The van der Waals surface area contributed by atoms with E-state index in [1.54, 1.807) is 0 Å². The van der Waals surface area contributed by atoms with Crippen LogP contribution < -0.4 is 0 Å². The van der Waals surface area contributed by atoms with Gasteiger partial charge in [-0.25, -0.2) is 9.59 Å². The van der Waals surface area contributed by atoms with Gasteiger partial charge in [0.25, 0.3) is 0 Å². The first-order valence-electron chi connectivity index (χ1n) is 7.86. The lowest BCUT2D eigenvalue weighted by atomic mass is 10.4. The predicted octanol–water partition coefficient (Wildman–Crippen LogP) is 1.72. The molecule has 0 bridgehead atoms. The van der Waals surface area contributed by atoms with Crippen molar-refractivity contribution in [3.63, 3.8) is 0 Å². The Hall–Kier alpha value is -1.66. The lowest BCUT2D eigenvalue weighted by molar-refractivity contribution is -0.138. The van der Waals surface area contributed by atoms with Crippen LogP contribution in [-0.4, -0.2) is 75.2 Å². The highest BCUT2D eigenvalue weighted by Crippen LogP contribution is 1.88. The third kappa shape index (κ3) is 18.3. The summed E-state index contributed by atoms with van der Waals surface area (Å²) in [7, 11) is 3.96. The van der Waals surface area contributed by atoms with Crippen molar-refractivity contribution in [3.05, 3.63) is 25.3 Å². The highest BCUT2D eigenvalue weighted by atomic mass is 16.5. The summed E-state index contributed by atoms with van der Waals surface area (Å²) in [6.45, 7) is 15.4. The average molecular weight is 328 g/mol. The Morgan fingerprint density at radius 3 is 1.78 bits per heavy atom. The molecule has 0 spiro atoms. The summed E-state index contributed by atoms with van der Waals surface area (Å²) in [5, 5.41) is 0. The van der Waals surface area contributed by atoms with Gasteiger partial charge >= 0.3 is 11.9 Å². The Bertz CT molecular complexity index is 339. The van der Waals surface area contributed by atoms with Crippen molar-refractivity contribution < 1.29 is 19.1 Å².